The van der Waals surface area contributed by atoms with Gasteiger partial charge in [0.05, 0.1) is 0 Å². The summed E-state index contributed by atoms with van der Waals surface area (Å²) in [5.74, 6) is 0. The van der Waals surface area contributed by atoms with Crippen LogP contribution in [0.1, 0.15) is 25.0 Å². The van der Waals surface area contributed by atoms with Crippen molar-refractivity contribution in [2.45, 2.75) is 19.3 Å². The molecule has 12 rings (SSSR count). The Balaban J connectivity index is 1.06. The average Bonchev–Trinajstić information content (AvgIpc) is 3.55. The van der Waals surface area contributed by atoms with Crippen LogP contribution >= 0.6 is 0 Å². The van der Waals surface area contributed by atoms with Crippen molar-refractivity contribution in [1.82, 2.24) is 0 Å². The molecule has 0 unspecified atom stereocenters. The molecule has 0 aromatic heterocycles. The van der Waals surface area contributed by atoms with Crippen LogP contribution < -0.4 is 0 Å². The molecule has 11 aromatic rings. The molecule has 1 aliphatic rings. The van der Waals surface area contributed by atoms with E-state index in [2.05, 4.69) is 220 Å². The van der Waals surface area contributed by atoms with E-state index in [0.717, 1.165) is 0 Å². The minimum absolute atomic E-state index is 0.206. The van der Waals surface area contributed by atoms with Crippen LogP contribution in [-0.2, 0) is 5.41 Å². The Kier molecular flexibility index (Phi) is 7.38. The molecule has 59 heavy (non-hydrogen) atoms. The van der Waals surface area contributed by atoms with E-state index in [0.29, 0.717) is 0 Å². The molecular weight excluding hydrogens is 709 g/mol. The van der Waals surface area contributed by atoms with Gasteiger partial charge in [0, 0.05) is 5.41 Å². The third-order valence-corrected chi connectivity index (χ3v) is 13.2. The lowest BCUT2D eigenvalue weighted by Crippen LogP contribution is -2.17. The number of benzene rings is 11. The Morgan fingerprint density at radius 1 is 0.254 bits per heavy atom. The molecule has 0 aliphatic heterocycles. The van der Waals surface area contributed by atoms with Gasteiger partial charge in [-0.25, -0.2) is 0 Å². The van der Waals surface area contributed by atoms with Crippen LogP contribution in [0, 0.1) is 0 Å². The van der Waals surface area contributed by atoms with E-state index in [1.54, 1.807) is 0 Å². The molecule has 0 bridgehead atoms. The van der Waals surface area contributed by atoms with Gasteiger partial charge in [0.25, 0.3) is 0 Å². The lowest BCUT2D eigenvalue weighted by molar-refractivity contribution is 0.668. The van der Waals surface area contributed by atoms with Gasteiger partial charge >= 0.3 is 0 Å². The molecule has 0 N–H and O–H groups in total. The van der Waals surface area contributed by atoms with E-state index in [-0.39, 0.29) is 5.41 Å². The summed E-state index contributed by atoms with van der Waals surface area (Å²) in [6.07, 6.45) is 0. The van der Waals surface area contributed by atoms with Crippen LogP contribution in [0.3, 0.4) is 0 Å². The molecule has 0 fully saturated rings. The summed E-state index contributed by atoms with van der Waals surface area (Å²) in [4.78, 5) is 0. The zero-order chi connectivity index (χ0) is 39.2. The van der Waals surface area contributed by atoms with Gasteiger partial charge in [-0.3, -0.25) is 0 Å². The second-order valence-electron chi connectivity index (χ2n) is 16.7. The predicted octanol–water partition coefficient (Wildman–Crippen LogP) is 16.4. The molecule has 0 atom stereocenters. The van der Waals surface area contributed by atoms with Gasteiger partial charge < -0.3 is 0 Å². The summed E-state index contributed by atoms with van der Waals surface area (Å²) < 4.78 is 0. The summed E-state index contributed by atoms with van der Waals surface area (Å²) in [5, 5.41) is 12.9. The highest BCUT2D eigenvalue weighted by atomic mass is 14.4. The Bertz CT molecular complexity index is 3460. The zero-order valence-corrected chi connectivity index (χ0v) is 33.1. The lowest BCUT2D eigenvalue weighted by Gasteiger charge is -2.26. The van der Waals surface area contributed by atoms with Crippen molar-refractivity contribution in [3.05, 3.63) is 217 Å². The maximum absolute atomic E-state index is 2.44. The van der Waals surface area contributed by atoms with Gasteiger partial charge in [-0.15, -0.1) is 0 Å². The van der Waals surface area contributed by atoms with Crippen molar-refractivity contribution in [3.63, 3.8) is 0 Å². The molecule has 0 heteroatoms. The van der Waals surface area contributed by atoms with Gasteiger partial charge in [-0.1, -0.05) is 208 Å². The summed E-state index contributed by atoms with van der Waals surface area (Å²) in [7, 11) is 0. The lowest BCUT2D eigenvalue weighted by atomic mass is 9.76. The molecule has 11 aromatic carbocycles. The molecular formula is C59H40. The van der Waals surface area contributed by atoms with Crippen molar-refractivity contribution >= 4 is 53.9 Å². The van der Waals surface area contributed by atoms with E-state index < -0.39 is 0 Å². The molecule has 0 heterocycles. The zero-order valence-electron chi connectivity index (χ0n) is 33.1. The van der Waals surface area contributed by atoms with Crippen LogP contribution in [0.15, 0.2) is 206 Å². The van der Waals surface area contributed by atoms with E-state index in [4.69, 9.17) is 0 Å². The second-order valence-corrected chi connectivity index (χ2v) is 16.7. The van der Waals surface area contributed by atoms with E-state index in [1.807, 2.05) is 0 Å². The van der Waals surface area contributed by atoms with Crippen molar-refractivity contribution in [2.75, 3.05) is 0 Å². The normalized spacial score (nSPS) is 13.1. The van der Waals surface area contributed by atoms with Gasteiger partial charge in [-0.05, 0) is 133 Å². The Hall–Kier alpha value is -7.28. The number of rotatable bonds is 4. The molecule has 0 saturated heterocycles. The van der Waals surface area contributed by atoms with Crippen molar-refractivity contribution < 1.29 is 0 Å². The van der Waals surface area contributed by atoms with Crippen molar-refractivity contribution in [2.24, 2.45) is 0 Å². The minimum Gasteiger partial charge on any atom is -0.0616 e. The standard InChI is InChI=1S/C59H40/c1-59(2)57-44(33-16-34-53(57)56-47-26-7-5-24-45(47)46-25-6-12-31-52(46)58(56)59)39-20-14-22-41(36-39)55-50-29-10-8-27-48(50)54(49-28-9-11-30-51(49)55)40-21-13-19-38(35-40)43-32-15-18-37-17-3-4-23-42(37)43/h3-36H,1-2H3. The molecule has 1 aliphatic carbocycles. The van der Waals surface area contributed by atoms with Gasteiger partial charge in [-0.2, -0.15) is 0 Å². The number of fused-ring (bicyclic) bond motifs is 11. The molecule has 0 spiro atoms. The van der Waals surface area contributed by atoms with Gasteiger partial charge in [0.15, 0.2) is 0 Å². The summed E-state index contributed by atoms with van der Waals surface area (Å²) in [5.41, 5.74) is 15.4. The quantitative estimate of drug-likeness (QED) is 0.124. The van der Waals surface area contributed by atoms with Crippen LogP contribution in [0.4, 0.5) is 0 Å². The van der Waals surface area contributed by atoms with Crippen LogP contribution in [0.5, 0.6) is 0 Å². The van der Waals surface area contributed by atoms with E-state index in [1.165, 1.54) is 121 Å². The Morgan fingerprint density at radius 3 is 1.22 bits per heavy atom. The smallest absolute Gasteiger partial charge is 0.0171 e. The maximum atomic E-state index is 2.44. The molecule has 0 saturated carbocycles. The highest BCUT2D eigenvalue weighted by Crippen LogP contribution is 2.57. The highest BCUT2D eigenvalue weighted by molar-refractivity contribution is 6.22. The van der Waals surface area contributed by atoms with E-state index in [9.17, 15) is 0 Å². The third kappa shape index (κ3) is 4.96. The summed E-state index contributed by atoms with van der Waals surface area (Å²) in [6.45, 7) is 4.86. The van der Waals surface area contributed by atoms with E-state index >= 15 is 0 Å². The molecule has 0 nitrogen and oxygen atoms in total. The maximum Gasteiger partial charge on any atom is 0.0171 e. The van der Waals surface area contributed by atoms with Crippen molar-refractivity contribution in [1.29, 1.82) is 0 Å². The Labute approximate surface area is 344 Å². The Morgan fingerprint density at radius 2 is 0.627 bits per heavy atom. The molecule has 0 radical (unpaired) electrons. The fourth-order valence-electron chi connectivity index (χ4n) is 10.8. The predicted molar refractivity (Wildman–Crippen MR) is 253 cm³/mol. The number of hydrogen-bond acceptors (Lipinski definition) is 0. The molecule has 0 amide bonds. The first-order valence-corrected chi connectivity index (χ1v) is 20.8. The van der Waals surface area contributed by atoms with Gasteiger partial charge in [0.1, 0.15) is 0 Å². The van der Waals surface area contributed by atoms with Crippen LogP contribution in [0.2, 0.25) is 0 Å². The first-order chi connectivity index (χ1) is 29.1. The van der Waals surface area contributed by atoms with Crippen LogP contribution in [-0.4, -0.2) is 0 Å². The highest BCUT2D eigenvalue weighted by Gasteiger charge is 2.40. The fraction of sp³-hybridized carbons (Fsp3) is 0.0508. The molecule has 276 valence electrons. The van der Waals surface area contributed by atoms with Gasteiger partial charge in [0.2, 0.25) is 0 Å². The first-order valence-electron chi connectivity index (χ1n) is 20.8. The SMILES string of the molecule is CC1(C)c2c(-c3cccc(-c4c5ccccc5c(-c5cccc(-c6cccc7ccccc67)c5)c5ccccc45)c3)cccc2-c2c1c1ccccc1c1ccccc21. The summed E-state index contributed by atoms with van der Waals surface area (Å²) in [6, 6.07) is 76.7. The second kappa shape index (κ2) is 12.9. The monoisotopic (exact) mass is 748 g/mol. The average molecular weight is 749 g/mol. The topological polar surface area (TPSA) is 0 Å². The fourth-order valence-corrected chi connectivity index (χ4v) is 10.8. The first kappa shape index (κ1) is 33.8. The third-order valence-electron chi connectivity index (χ3n) is 13.2. The number of hydrogen-bond donors (Lipinski definition) is 0. The van der Waals surface area contributed by atoms with Crippen molar-refractivity contribution in [3.8, 4) is 55.6 Å². The van der Waals surface area contributed by atoms with Crippen LogP contribution in [0.25, 0.3) is 109 Å². The largest absolute Gasteiger partial charge is 0.0616 e. The minimum atomic E-state index is -0.206. The summed E-state index contributed by atoms with van der Waals surface area (Å²) >= 11 is 0.